The van der Waals surface area contributed by atoms with Crippen molar-refractivity contribution in [2.75, 3.05) is 18.4 Å². The highest BCUT2D eigenvalue weighted by Crippen LogP contribution is 2.22. The highest BCUT2D eigenvalue weighted by atomic mass is 79.9. The fourth-order valence-corrected chi connectivity index (χ4v) is 3.15. The number of rotatable bonds is 4. The number of fused-ring (bicyclic) bond motifs is 1. The van der Waals surface area contributed by atoms with Crippen molar-refractivity contribution >= 4 is 67.9 Å². The van der Waals surface area contributed by atoms with Crippen LogP contribution < -0.4 is 10.6 Å². The van der Waals surface area contributed by atoms with Crippen LogP contribution in [-0.4, -0.2) is 33.7 Å². The minimum absolute atomic E-state index is 0. The van der Waals surface area contributed by atoms with Crippen molar-refractivity contribution < 1.29 is 0 Å². The van der Waals surface area contributed by atoms with Gasteiger partial charge in [0.15, 0.2) is 0 Å². The second kappa shape index (κ2) is 11.0. The second-order valence-electron chi connectivity index (χ2n) is 6.00. The molecule has 1 aliphatic heterocycles. The monoisotopic (exact) mass is 547 g/mol. The summed E-state index contributed by atoms with van der Waals surface area (Å²) in [4.78, 5) is 9.27. The zero-order chi connectivity index (χ0) is 15.5. The Kier molecular flexibility index (Phi) is 9.78. The van der Waals surface area contributed by atoms with E-state index < -0.39 is 0 Å². The molecule has 3 aromatic rings. The van der Waals surface area contributed by atoms with Gasteiger partial charge in [0.05, 0.1) is 23.3 Å². The van der Waals surface area contributed by atoms with Gasteiger partial charge in [0, 0.05) is 12.2 Å². The third-order valence-corrected chi connectivity index (χ3v) is 4.37. The van der Waals surface area contributed by atoms with Crippen LogP contribution in [0, 0.1) is 0 Å². The Morgan fingerprint density at radius 1 is 1.00 bits per heavy atom. The van der Waals surface area contributed by atoms with E-state index in [1.165, 1.54) is 0 Å². The minimum Gasteiger partial charge on any atom is -0.353 e. The van der Waals surface area contributed by atoms with Crippen LogP contribution in [0.4, 0.5) is 5.95 Å². The van der Waals surface area contributed by atoms with Crippen molar-refractivity contribution in [3.8, 4) is 0 Å². The number of anilines is 1. The van der Waals surface area contributed by atoms with E-state index >= 15 is 0 Å². The van der Waals surface area contributed by atoms with E-state index in [1.807, 2.05) is 24.4 Å². The number of hydrogen-bond donors (Lipinski definition) is 2. The van der Waals surface area contributed by atoms with Gasteiger partial charge in [0.1, 0.15) is 0 Å². The van der Waals surface area contributed by atoms with E-state index in [1.54, 1.807) is 0 Å². The van der Waals surface area contributed by atoms with Gasteiger partial charge >= 0.3 is 0 Å². The summed E-state index contributed by atoms with van der Waals surface area (Å²) in [5.41, 5.74) is 3.22. The second-order valence-corrected chi connectivity index (χ2v) is 6.00. The average molecular weight is 550 g/mol. The summed E-state index contributed by atoms with van der Waals surface area (Å²) in [5, 5.41) is 7.05. The lowest BCUT2D eigenvalue weighted by Gasteiger charge is -2.24. The summed E-state index contributed by atoms with van der Waals surface area (Å²) in [6, 6.07) is 14.8. The van der Waals surface area contributed by atoms with E-state index in [-0.39, 0.29) is 50.9 Å². The Bertz CT molecular complexity index is 788. The van der Waals surface area contributed by atoms with E-state index in [0.717, 1.165) is 55.2 Å². The summed E-state index contributed by atoms with van der Waals surface area (Å²) < 4.78 is 2.24. The molecule has 26 heavy (non-hydrogen) atoms. The molecule has 4 rings (SSSR count). The molecule has 0 spiro atoms. The number of imidazole rings is 1. The minimum atomic E-state index is 0. The van der Waals surface area contributed by atoms with Crippen LogP contribution in [0.3, 0.4) is 0 Å². The van der Waals surface area contributed by atoms with Crippen molar-refractivity contribution in [3.05, 3.63) is 54.4 Å². The van der Waals surface area contributed by atoms with Gasteiger partial charge in [-0.1, -0.05) is 18.2 Å². The summed E-state index contributed by atoms with van der Waals surface area (Å²) in [5.74, 6) is 0.948. The van der Waals surface area contributed by atoms with E-state index in [2.05, 4.69) is 44.5 Å². The van der Waals surface area contributed by atoms with Crippen LogP contribution in [0.2, 0.25) is 0 Å². The molecule has 0 aliphatic carbocycles. The molecule has 0 atom stereocenters. The van der Waals surface area contributed by atoms with Gasteiger partial charge in [-0.3, -0.25) is 4.98 Å². The zero-order valence-electron chi connectivity index (χ0n) is 14.3. The Balaban J connectivity index is 0.00000113. The number of nitrogens with zero attached hydrogens (tertiary/aromatic N) is 3. The van der Waals surface area contributed by atoms with Crippen LogP contribution in [-0.2, 0) is 6.54 Å². The summed E-state index contributed by atoms with van der Waals surface area (Å²) >= 11 is 0. The van der Waals surface area contributed by atoms with Gasteiger partial charge in [0.2, 0.25) is 5.95 Å². The van der Waals surface area contributed by atoms with Gasteiger partial charge in [-0.05, 0) is 50.2 Å². The number of aromatic nitrogens is 3. The van der Waals surface area contributed by atoms with Crippen LogP contribution in [0.1, 0.15) is 18.5 Å². The fourth-order valence-electron chi connectivity index (χ4n) is 3.15. The van der Waals surface area contributed by atoms with Gasteiger partial charge < -0.3 is 15.2 Å². The number of benzene rings is 1. The lowest BCUT2D eigenvalue weighted by Crippen LogP contribution is -2.36. The van der Waals surface area contributed by atoms with Crippen molar-refractivity contribution in [2.45, 2.75) is 25.4 Å². The number of nitrogens with one attached hydrogen (secondary N) is 2. The molecule has 2 aromatic heterocycles. The first-order valence-corrected chi connectivity index (χ1v) is 8.22. The zero-order valence-corrected chi connectivity index (χ0v) is 19.4. The van der Waals surface area contributed by atoms with E-state index in [4.69, 9.17) is 4.98 Å². The number of pyridine rings is 1. The molecule has 2 N–H and O–H groups in total. The first-order chi connectivity index (χ1) is 11.4. The average Bonchev–Trinajstić information content (AvgIpc) is 2.94. The van der Waals surface area contributed by atoms with Crippen LogP contribution in [0.15, 0.2) is 48.7 Å². The topological polar surface area (TPSA) is 54.8 Å². The molecule has 1 aromatic carbocycles. The number of para-hydroxylation sites is 2. The molecular formula is C18H24Br3N5. The van der Waals surface area contributed by atoms with E-state index in [9.17, 15) is 0 Å². The highest BCUT2D eigenvalue weighted by Gasteiger charge is 2.17. The summed E-state index contributed by atoms with van der Waals surface area (Å²) in [6.45, 7) is 2.87. The standard InChI is InChI=1S/C18H21N5.3BrH/c1-2-7-17-16(6-1)22-18(21-14-8-11-19-12-9-14)23(17)13-15-5-3-4-10-20-15;;;/h1-7,10,14,19H,8-9,11-13H2,(H,21,22);3*1H. The van der Waals surface area contributed by atoms with Gasteiger partial charge in [-0.15, -0.1) is 50.9 Å². The normalized spacial score (nSPS) is 14.0. The fraction of sp³-hybridized carbons (Fsp3) is 0.333. The Morgan fingerprint density at radius 3 is 2.46 bits per heavy atom. The van der Waals surface area contributed by atoms with Crippen molar-refractivity contribution in [1.82, 2.24) is 19.9 Å². The number of hydrogen-bond acceptors (Lipinski definition) is 4. The lowest BCUT2D eigenvalue weighted by molar-refractivity contribution is 0.476. The quantitative estimate of drug-likeness (QED) is 0.507. The maximum atomic E-state index is 4.81. The molecule has 1 aliphatic rings. The predicted octanol–water partition coefficient (Wildman–Crippen LogP) is 4.38. The molecule has 3 heterocycles. The van der Waals surface area contributed by atoms with Crippen molar-refractivity contribution in [3.63, 3.8) is 0 Å². The van der Waals surface area contributed by atoms with Crippen LogP contribution in [0.25, 0.3) is 11.0 Å². The Labute approximate surface area is 185 Å². The number of piperidine rings is 1. The maximum absolute atomic E-state index is 4.81. The molecule has 0 amide bonds. The highest BCUT2D eigenvalue weighted by molar-refractivity contribution is 8.93. The number of halogens is 3. The molecule has 0 radical (unpaired) electrons. The van der Waals surface area contributed by atoms with Crippen LogP contribution in [0.5, 0.6) is 0 Å². The molecule has 8 heteroatoms. The van der Waals surface area contributed by atoms with Crippen LogP contribution >= 0.6 is 50.9 Å². The third kappa shape index (κ3) is 5.28. The third-order valence-electron chi connectivity index (χ3n) is 4.37. The molecule has 1 fully saturated rings. The van der Waals surface area contributed by atoms with Gasteiger partial charge in [0.25, 0.3) is 0 Å². The van der Waals surface area contributed by atoms with Gasteiger partial charge in [-0.25, -0.2) is 4.98 Å². The summed E-state index contributed by atoms with van der Waals surface area (Å²) in [6.07, 6.45) is 4.11. The van der Waals surface area contributed by atoms with Crippen molar-refractivity contribution in [1.29, 1.82) is 0 Å². The lowest BCUT2D eigenvalue weighted by atomic mass is 10.1. The predicted molar refractivity (Wildman–Crippen MR) is 124 cm³/mol. The summed E-state index contributed by atoms with van der Waals surface area (Å²) in [7, 11) is 0. The molecule has 0 saturated carbocycles. The molecule has 0 bridgehead atoms. The first-order valence-electron chi connectivity index (χ1n) is 8.22. The van der Waals surface area contributed by atoms with Gasteiger partial charge in [-0.2, -0.15) is 0 Å². The largest absolute Gasteiger partial charge is 0.353 e. The molecule has 0 unspecified atom stereocenters. The molecule has 1 saturated heterocycles. The van der Waals surface area contributed by atoms with Crippen molar-refractivity contribution in [2.24, 2.45) is 0 Å². The SMILES string of the molecule is Br.Br.Br.c1ccc(Cn2c(NC3CCNCC3)nc3ccccc32)nc1. The first kappa shape index (κ1) is 23.1. The smallest absolute Gasteiger partial charge is 0.204 e. The molecular weight excluding hydrogens is 526 g/mol. The van der Waals surface area contributed by atoms with E-state index in [0.29, 0.717) is 6.04 Å². The molecule has 142 valence electrons. The Hall–Kier alpha value is -0.960. The molecule has 5 nitrogen and oxygen atoms in total. The Morgan fingerprint density at radius 2 is 1.73 bits per heavy atom. The maximum Gasteiger partial charge on any atom is 0.204 e.